The van der Waals surface area contributed by atoms with E-state index in [0.29, 0.717) is 6.61 Å². The van der Waals surface area contributed by atoms with Gasteiger partial charge in [-0.25, -0.2) is 0 Å². The maximum atomic E-state index is 5.55. The zero-order valence-corrected chi connectivity index (χ0v) is 14.3. The van der Waals surface area contributed by atoms with Gasteiger partial charge in [0.25, 0.3) is 0 Å². The molecule has 1 aromatic carbocycles. The van der Waals surface area contributed by atoms with Crippen LogP contribution in [0.2, 0.25) is 0 Å². The number of ether oxygens (including phenoxy) is 1. The van der Waals surface area contributed by atoms with Gasteiger partial charge in [-0.1, -0.05) is 35.0 Å². The van der Waals surface area contributed by atoms with Crippen LogP contribution in [0.15, 0.2) is 40.2 Å². The van der Waals surface area contributed by atoms with Crippen molar-refractivity contribution in [1.82, 2.24) is 5.32 Å². The fourth-order valence-corrected chi connectivity index (χ4v) is 3.51. The number of hydrogen-bond acceptors (Lipinski definition) is 3. The molecule has 0 bridgehead atoms. The zero-order valence-electron chi connectivity index (χ0n) is 11.9. The van der Waals surface area contributed by atoms with E-state index >= 15 is 0 Å². The van der Waals surface area contributed by atoms with Gasteiger partial charge in [-0.05, 0) is 49.0 Å². The molecule has 20 heavy (non-hydrogen) atoms. The summed E-state index contributed by atoms with van der Waals surface area (Å²) in [7, 11) is 0. The molecule has 2 nitrogen and oxygen atoms in total. The van der Waals surface area contributed by atoms with Crippen molar-refractivity contribution in [2.24, 2.45) is 0 Å². The van der Waals surface area contributed by atoms with Crippen LogP contribution in [-0.4, -0.2) is 13.2 Å². The molecule has 1 unspecified atom stereocenters. The Morgan fingerprint density at radius 1 is 1.30 bits per heavy atom. The first-order valence-corrected chi connectivity index (χ1v) is 8.62. The first kappa shape index (κ1) is 15.5. The summed E-state index contributed by atoms with van der Waals surface area (Å²) < 4.78 is 6.63. The minimum atomic E-state index is 0.236. The highest BCUT2D eigenvalue weighted by molar-refractivity contribution is 9.10. The second-order valence-electron chi connectivity index (χ2n) is 4.52. The first-order chi connectivity index (χ1) is 9.76. The molecule has 0 fully saturated rings. The average molecular weight is 354 g/mol. The topological polar surface area (TPSA) is 21.3 Å². The molecular weight excluding hydrogens is 334 g/mol. The molecule has 0 saturated carbocycles. The van der Waals surface area contributed by atoms with Crippen molar-refractivity contribution < 1.29 is 4.74 Å². The summed E-state index contributed by atoms with van der Waals surface area (Å²) in [5.41, 5.74) is 1.25. The van der Waals surface area contributed by atoms with Gasteiger partial charge in [0.05, 0.1) is 12.6 Å². The molecule has 0 aliphatic carbocycles. The molecule has 108 valence electrons. The highest BCUT2D eigenvalue weighted by atomic mass is 79.9. The number of thiophene rings is 1. The van der Waals surface area contributed by atoms with Crippen molar-refractivity contribution >= 4 is 27.3 Å². The van der Waals surface area contributed by atoms with Gasteiger partial charge in [-0.3, -0.25) is 0 Å². The van der Waals surface area contributed by atoms with E-state index in [4.69, 9.17) is 4.74 Å². The zero-order chi connectivity index (χ0) is 14.4. The lowest BCUT2D eigenvalue weighted by molar-refractivity contribution is 0.340. The molecule has 2 rings (SSSR count). The third kappa shape index (κ3) is 3.84. The van der Waals surface area contributed by atoms with Crippen molar-refractivity contribution in [2.45, 2.75) is 26.3 Å². The Hall–Kier alpha value is -0.840. The summed E-state index contributed by atoms with van der Waals surface area (Å²) in [6.07, 6.45) is 1.12. The molecule has 4 heteroatoms. The summed E-state index contributed by atoms with van der Waals surface area (Å²) in [4.78, 5) is 1.34. The predicted molar refractivity (Wildman–Crippen MR) is 89.8 cm³/mol. The van der Waals surface area contributed by atoms with Crippen molar-refractivity contribution in [3.05, 3.63) is 50.6 Å². The molecule has 0 radical (unpaired) electrons. The molecule has 1 aromatic heterocycles. The van der Waals surface area contributed by atoms with Gasteiger partial charge in [-0.2, -0.15) is 0 Å². The van der Waals surface area contributed by atoms with E-state index in [1.165, 1.54) is 10.4 Å². The Kier molecular flexibility index (Phi) is 6.07. The van der Waals surface area contributed by atoms with E-state index in [1.807, 2.05) is 19.1 Å². The summed E-state index contributed by atoms with van der Waals surface area (Å²) in [6, 6.07) is 10.7. The summed E-state index contributed by atoms with van der Waals surface area (Å²) in [5, 5.41) is 5.74. The van der Waals surface area contributed by atoms with Crippen LogP contribution in [0.4, 0.5) is 0 Å². The van der Waals surface area contributed by atoms with Gasteiger partial charge in [0, 0.05) is 9.35 Å². The minimum absolute atomic E-state index is 0.236. The lowest BCUT2D eigenvalue weighted by Gasteiger charge is -2.19. The van der Waals surface area contributed by atoms with Crippen molar-refractivity contribution in [3.8, 4) is 5.75 Å². The second kappa shape index (κ2) is 7.81. The summed E-state index contributed by atoms with van der Waals surface area (Å²) in [6.45, 7) is 5.88. The average Bonchev–Trinajstić information content (AvgIpc) is 2.95. The van der Waals surface area contributed by atoms with Crippen molar-refractivity contribution in [3.63, 3.8) is 0 Å². The van der Waals surface area contributed by atoms with E-state index in [9.17, 15) is 0 Å². The second-order valence-corrected chi connectivity index (χ2v) is 6.35. The van der Waals surface area contributed by atoms with E-state index in [2.05, 4.69) is 51.7 Å². The Bertz CT molecular complexity index is 527. The van der Waals surface area contributed by atoms with Crippen LogP contribution in [0.1, 0.15) is 36.8 Å². The Morgan fingerprint density at radius 2 is 2.15 bits per heavy atom. The van der Waals surface area contributed by atoms with Crippen LogP contribution >= 0.6 is 27.3 Å². The van der Waals surface area contributed by atoms with Crippen LogP contribution in [0.25, 0.3) is 0 Å². The van der Waals surface area contributed by atoms with Crippen molar-refractivity contribution in [2.75, 3.05) is 13.2 Å². The Morgan fingerprint density at radius 3 is 2.75 bits per heavy atom. The maximum Gasteiger partial charge on any atom is 0.120 e. The molecular formula is C16H20BrNOS. The molecule has 1 atom stereocenters. The van der Waals surface area contributed by atoms with E-state index in [0.717, 1.165) is 23.2 Å². The van der Waals surface area contributed by atoms with Gasteiger partial charge >= 0.3 is 0 Å². The molecule has 1 heterocycles. The van der Waals surface area contributed by atoms with E-state index < -0.39 is 0 Å². The molecule has 0 spiro atoms. The fourth-order valence-electron chi connectivity index (χ4n) is 2.11. The monoisotopic (exact) mass is 353 g/mol. The Labute approximate surface area is 133 Å². The largest absolute Gasteiger partial charge is 0.494 e. The number of halogens is 1. The van der Waals surface area contributed by atoms with Crippen LogP contribution < -0.4 is 10.1 Å². The fraction of sp³-hybridized carbons (Fsp3) is 0.375. The van der Waals surface area contributed by atoms with Crippen LogP contribution in [0, 0.1) is 0 Å². The number of rotatable bonds is 7. The van der Waals surface area contributed by atoms with E-state index in [1.54, 1.807) is 11.3 Å². The van der Waals surface area contributed by atoms with Crippen LogP contribution in [-0.2, 0) is 0 Å². The maximum absolute atomic E-state index is 5.55. The Balaban J connectivity index is 2.28. The van der Waals surface area contributed by atoms with Crippen molar-refractivity contribution in [1.29, 1.82) is 0 Å². The van der Waals surface area contributed by atoms with Gasteiger partial charge in [0.2, 0.25) is 0 Å². The lowest BCUT2D eigenvalue weighted by atomic mass is 10.0. The molecule has 2 aromatic rings. The third-order valence-corrected chi connectivity index (χ3v) is 4.64. The van der Waals surface area contributed by atoms with Crippen LogP contribution in [0.3, 0.4) is 0 Å². The summed E-state index contributed by atoms with van der Waals surface area (Å²) in [5.74, 6) is 0.906. The molecule has 1 N–H and O–H groups in total. The standard InChI is InChI=1S/C16H20BrNOS/c1-3-9-18-16(15-6-5-10-20-15)13-8-7-12(19-4-2)11-14(13)17/h5-8,10-11,16,18H,3-4,9H2,1-2H3. The smallest absolute Gasteiger partial charge is 0.120 e. The van der Waals surface area contributed by atoms with Gasteiger partial charge in [0.1, 0.15) is 5.75 Å². The molecule has 0 aliphatic rings. The number of nitrogens with one attached hydrogen (secondary N) is 1. The van der Waals surface area contributed by atoms with E-state index in [-0.39, 0.29) is 6.04 Å². The predicted octanol–water partition coefficient (Wildman–Crippen LogP) is 5.00. The number of hydrogen-bond donors (Lipinski definition) is 1. The summed E-state index contributed by atoms with van der Waals surface area (Å²) >= 11 is 5.46. The van der Waals surface area contributed by atoms with Crippen LogP contribution in [0.5, 0.6) is 5.75 Å². The highest BCUT2D eigenvalue weighted by Crippen LogP contribution is 2.33. The first-order valence-electron chi connectivity index (χ1n) is 6.95. The third-order valence-electron chi connectivity index (χ3n) is 3.02. The normalized spacial score (nSPS) is 12.3. The van der Waals surface area contributed by atoms with Gasteiger partial charge < -0.3 is 10.1 Å². The quantitative estimate of drug-likeness (QED) is 0.756. The van der Waals surface area contributed by atoms with Gasteiger partial charge in [0.15, 0.2) is 0 Å². The minimum Gasteiger partial charge on any atom is -0.494 e. The highest BCUT2D eigenvalue weighted by Gasteiger charge is 2.17. The van der Waals surface area contributed by atoms with Gasteiger partial charge in [-0.15, -0.1) is 11.3 Å². The molecule has 0 saturated heterocycles. The lowest BCUT2D eigenvalue weighted by Crippen LogP contribution is -2.22. The SMILES string of the molecule is CCCNC(c1cccs1)c1ccc(OCC)cc1Br. The molecule has 0 aliphatic heterocycles. The number of benzene rings is 1. The molecule has 0 amide bonds.